The highest BCUT2D eigenvalue weighted by Gasteiger charge is 2.43. The van der Waals surface area contributed by atoms with Crippen LogP contribution in [0.4, 0.5) is 10.5 Å². The maximum atomic E-state index is 13.3. The molecule has 1 N–H and O–H groups in total. The Morgan fingerprint density at radius 3 is 2.72 bits per heavy atom. The summed E-state index contributed by atoms with van der Waals surface area (Å²) in [5.41, 5.74) is 3.81. The van der Waals surface area contributed by atoms with Crippen LogP contribution in [0, 0.1) is 17.4 Å². The van der Waals surface area contributed by atoms with E-state index in [4.69, 9.17) is 9.47 Å². The summed E-state index contributed by atoms with van der Waals surface area (Å²) in [5, 5.41) is 6.95. The third kappa shape index (κ3) is 5.33. The number of nitrogens with zero attached hydrogens (tertiary/aromatic N) is 4. The lowest BCUT2D eigenvalue weighted by molar-refractivity contribution is -0.120. The molecule has 2 amide bonds. The van der Waals surface area contributed by atoms with Gasteiger partial charge in [0, 0.05) is 63.0 Å². The number of likely N-dealkylation sites (N-methyl/N-ethyl adjacent to an activating group) is 1. The first-order valence-electron chi connectivity index (χ1n) is 13.3. The summed E-state index contributed by atoms with van der Waals surface area (Å²) in [6.45, 7) is 3.64. The maximum Gasteiger partial charge on any atom is 0.342 e. The van der Waals surface area contributed by atoms with Crippen molar-refractivity contribution in [1.29, 1.82) is 0 Å². The standard InChI is InChI=1S/C30H31N5O4/c1-33-26-16-23(9-12-34-20-30(21-34)10-13-38-14-11-30)7-8-27(26)39-19-25(28(33)36)32-29(37)35-18-24(17-31-35)15-22-5-3-2-4-6-22/h2-8,16-18,25H,10-11,13-15,19-21H2,1H3,(H,32,37)/t25-/m0/s1. The normalized spacial score (nSPS) is 19.7. The van der Waals surface area contributed by atoms with Crippen LogP contribution in [-0.2, 0) is 16.0 Å². The molecule has 0 saturated carbocycles. The lowest BCUT2D eigenvalue weighted by Gasteiger charge is -2.50. The lowest BCUT2D eigenvalue weighted by atomic mass is 9.74. The Labute approximate surface area is 227 Å². The van der Waals surface area contributed by atoms with Crippen molar-refractivity contribution in [3.05, 3.63) is 77.6 Å². The summed E-state index contributed by atoms with van der Waals surface area (Å²) >= 11 is 0. The molecule has 2 fully saturated rings. The van der Waals surface area contributed by atoms with Crippen LogP contribution in [0.5, 0.6) is 5.75 Å². The molecule has 3 aliphatic rings. The molecule has 200 valence electrons. The van der Waals surface area contributed by atoms with Gasteiger partial charge in [-0.3, -0.25) is 4.79 Å². The van der Waals surface area contributed by atoms with Crippen molar-refractivity contribution in [2.45, 2.75) is 25.3 Å². The van der Waals surface area contributed by atoms with Crippen molar-refractivity contribution in [3.63, 3.8) is 0 Å². The number of amides is 2. The molecule has 9 heteroatoms. The van der Waals surface area contributed by atoms with E-state index in [2.05, 4.69) is 27.3 Å². The van der Waals surface area contributed by atoms with Crippen molar-refractivity contribution < 1.29 is 19.1 Å². The molecule has 6 rings (SSSR count). The van der Waals surface area contributed by atoms with Gasteiger partial charge in [-0.2, -0.15) is 9.78 Å². The van der Waals surface area contributed by atoms with Gasteiger partial charge in [0.15, 0.2) is 0 Å². The fraction of sp³-hybridized carbons (Fsp3) is 0.367. The second-order valence-electron chi connectivity index (χ2n) is 10.6. The maximum absolute atomic E-state index is 13.3. The van der Waals surface area contributed by atoms with E-state index in [1.165, 1.54) is 9.58 Å². The third-order valence-electron chi connectivity index (χ3n) is 7.71. The van der Waals surface area contributed by atoms with Crippen LogP contribution in [0.1, 0.15) is 29.5 Å². The van der Waals surface area contributed by atoms with E-state index >= 15 is 0 Å². The molecule has 39 heavy (non-hydrogen) atoms. The number of nitrogens with one attached hydrogen (secondary N) is 1. The van der Waals surface area contributed by atoms with Gasteiger partial charge >= 0.3 is 6.03 Å². The average molecular weight is 526 g/mol. The number of benzene rings is 2. The summed E-state index contributed by atoms with van der Waals surface area (Å²) < 4.78 is 12.6. The van der Waals surface area contributed by atoms with Gasteiger partial charge in [0.1, 0.15) is 18.4 Å². The molecule has 1 aromatic heterocycles. The van der Waals surface area contributed by atoms with Gasteiger partial charge in [0.05, 0.1) is 11.9 Å². The minimum Gasteiger partial charge on any atom is -0.489 e. The van der Waals surface area contributed by atoms with Gasteiger partial charge < -0.3 is 24.6 Å². The molecule has 2 saturated heterocycles. The zero-order valence-electron chi connectivity index (χ0n) is 21.9. The van der Waals surface area contributed by atoms with Gasteiger partial charge in [-0.15, -0.1) is 0 Å². The van der Waals surface area contributed by atoms with Crippen LogP contribution in [-0.4, -0.2) is 72.6 Å². The van der Waals surface area contributed by atoms with Crippen molar-refractivity contribution >= 4 is 17.6 Å². The summed E-state index contributed by atoms with van der Waals surface area (Å²) in [7, 11) is 1.68. The minimum atomic E-state index is -0.858. The van der Waals surface area contributed by atoms with E-state index in [0.717, 1.165) is 55.8 Å². The van der Waals surface area contributed by atoms with Crippen LogP contribution in [0.3, 0.4) is 0 Å². The highest BCUT2D eigenvalue weighted by Crippen LogP contribution is 2.39. The molecule has 0 unspecified atom stereocenters. The highest BCUT2D eigenvalue weighted by atomic mass is 16.5. The van der Waals surface area contributed by atoms with Gasteiger partial charge in [0.25, 0.3) is 5.91 Å². The smallest absolute Gasteiger partial charge is 0.342 e. The molecular formula is C30H31N5O4. The second-order valence-corrected chi connectivity index (χ2v) is 10.6. The average Bonchev–Trinajstić information content (AvgIpc) is 3.38. The van der Waals surface area contributed by atoms with Crippen LogP contribution in [0.2, 0.25) is 0 Å². The third-order valence-corrected chi connectivity index (χ3v) is 7.71. The van der Waals surface area contributed by atoms with Crippen LogP contribution >= 0.6 is 0 Å². The largest absolute Gasteiger partial charge is 0.489 e. The second kappa shape index (κ2) is 10.5. The molecule has 9 nitrogen and oxygen atoms in total. The molecule has 0 bridgehead atoms. The molecule has 3 aliphatic heterocycles. The molecule has 0 aliphatic carbocycles. The minimum absolute atomic E-state index is 0.0185. The number of rotatable bonds is 3. The highest BCUT2D eigenvalue weighted by molar-refractivity contribution is 6.00. The number of carbonyl (C=O) groups is 2. The van der Waals surface area contributed by atoms with Crippen molar-refractivity contribution in [3.8, 4) is 17.7 Å². The number of aromatic nitrogens is 2. The summed E-state index contributed by atoms with van der Waals surface area (Å²) in [4.78, 5) is 29.8. The van der Waals surface area contributed by atoms with E-state index in [9.17, 15) is 9.59 Å². The number of carbonyl (C=O) groups excluding carboxylic acids is 2. The van der Waals surface area contributed by atoms with E-state index in [0.29, 0.717) is 23.3 Å². The monoisotopic (exact) mass is 525 g/mol. The first-order valence-corrected chi connectivity index (χ1v) is 13.3. The van der Waals surface area contributed by atoms with Gasteiger partial charge in [0.2, 0.25) is 0 Å². The first-order chi connectivity index (χ1) is 19.0. The zero-order valence-corrected chi connectivity index (χ0v) is 21.9. The van der Waals surface area contributed by atoms with Crippen molar-refractivity contribution in [2.75, 3.05) is 44.9 Å². The van der Waals surface area contributed by atoms with Crippen LogP contribution in [0.15, 0.2) is 60.9 Å². The molecule has 1 spiro atoms. The molecule has 4 heterocycles. The fourth-order valence-electron chi connectivity index (χ4n) is 5.40. The zero-order chi connectivity index (χ0) is 26.8. The number of hydrogen-bond donors (Lipinski definition) is 1. The number of likely N-dealkylation sites (tertiary alicyclic amines) is 1. The molecule has 3 aromatic rings. The Morgan fingerprint density at radius 2 is 1.92 bits per heavy atom. The van der Waals surface area contributed by atoms with E-state index in [1.54, 1.807) is 19.4 Å². The van der Waals surface area contributed by atoms with Gasteiger partial charge in [-0.25, -0.2) is 4.79 Å². The lowest BCUT2D eigenvalue weighted by Crippen LogP contribution is -2.56. The summed E-state index contributed by atoms with van der Waals surface area (Å²) in [6, 6.07) is 17.5. The number of hydrogen-bond acceptors (Lipinski definition) is 6. The first kappa shape index (κ1) is 25.0. The molecular weight excluding hydrogens is 494 g/mol. The predicted molar refractivity (Wildman–Crippen MR) is 145 cm³/mol. The topological polar surface area (TPSA) is 88.9 Å². The number of fused-ring (bicyclic) bond motifs is 1. The van der Waals surface area contributed by atoms with Gasteiger partial charge in [-0.05, 0) is 48.1 Å². The number of ether oxygens (including phenoxy) is 2. The Hall–Kier alpha value is -4.29. The summed E-state index contributed by atoms with van der Waals surface area (Å²) in [5.74, 6) is 3.53. The van der Waals surface area contributed by atoms with Crippen LogP contribution in [0.25, 0.3) is 0 Å². The van der Waals surface area contributed by atoms with Crippen molar-refractivity contribution in [1.82, 2.24) is 20.0 Å². The van der Waals surface area contributed by atoms with Crippen molar-refractivity contribution in [2.24, 2.45) is 5.41 Å². The summed E-state index contributed by atoms with van der Waals surface area (Å²) in [6.07, 6.45) is 6.20. The van der Waals surface area contributed by atoms with Crippen LogP contribution < -0.4 is 15.0 Å². The molecule has 2 aromatic carbocycles. The Bertz CT molecular complexity index is 1430. The Kier molecular flexibility index (Phi) is 6.71. The molecule has 1 atom stereocenters. The number of anilines is 1. The van der Waals surface area contributed by atoms with E-state index in [1.807, 2.05) is 48.5 Å². The Balaban J connectivity index is 1.09. The molecule has 0 radical (unpaired) electrons. The predicted octanol–water partition coefficient (Wildman–Crippen LogP) is 2.88. The van der Waals surface area contributed by atoms with E-state index in [-0.39, 0.29) is 12.5 Å². The van der Waals surface area contributed by atoms with E-state index < -0.39 is 12.1 Å². The van der Waals surface area contributed by atoms with Gasteiger partial charge in [-0.1, -0.05) is 30.3 Å². The SMILES string of the molecule is CN1C(=O)[C@@H](NC(=O)n2cc(Cc3ccccc3)cn2)COc2ccc(C#CN3CC4(CCOCC4)C3)cc21. The quantitative estimate of drug-likeness (QED) is 0.529. The Morgan fingerprint density at radius 1 is 1.13 bits per heavy atom. The fourth-order valence-corrected chi connectivity index (χ4v) is 5.40.